The molecule has 1 aliphatic rings. The number of hydrogen-bond acceptors (Lipinski definition) is 4. The maximum atomic E-state index is 11.2. The van der Waals surface area contributed by atoms with Crippen molar-refractivity contribution in [1.29, 1.82) is 0 Å². The molecule has 1 N–H and O–H groups in total. The topological polar surface area (TPSA) is 80.7 Å². The molecule has 0 atom stereocenters. The Hall–Kier alpha value is -0.620. The van der Waals surface area contributed by atoms with E-state index in [1.165, 1.54) is 12.8 Å². The van der Waals surface area contributed by atoms with E-state index in [-0.39, 0.29) is 6.10 Å². The summed E-state index contributed by atoms with van der Waals surface area (Å²) < 4.78 is 34.6. The van der Waals surface area contributed by atoms with Crippen LogP contribution in [0.15, 0.2) is 0 Å². The van der Waals surface area contributed by atoms with Crippen LogP contribution >= 0.6 is 0 Å². The lowest BCUT2D eigenvalue weighted by Crippen LogP contribution is -2.24. The zero-order chi connectivity index (χ0) is 12.7. The molecule has 0 aliphatic heterocycles. The molecule has 0 aromatic heterocycles. The van der Waals surface area contributed by atoms with Crippen LogP contribution < -0.4 is 0 Å². The van der Waals surface area contributed by atoms with Gasteiger partial charge in [0.1, 0.15) is 6.10 Å². The van der Waals surface area contributed by atoms with Gasteiger partial charge in [-0.2, -0.15) is 8.42 Å². The molecule has 0 bridgehead atoms. The van der Waals surface area contributed by atoms with E-state index in [1.54, 1.807) is 0 Å². The van der Waals surface area contributed by atoms with E-state index in [0.717, 1.165) is 38.5 Å². The molecular weight excluding hydrogens is 244 g/mol. The van der Waals surface area contributed by atoms with Gasteiger partial charge >= 0.3 is 5.97 Å². The summed E-state index contributed by atoms with van der Waals surface area (Å²) in [5.74, 6) is -1.79. The quantitative estimate of drug-likeness (QED) is 0.622. The second-order valence-corrected chi connectivity index (χ2v) is 5.99. The molecule has 0 aromatic rings. The van der Waals surface area contributed by atoms with Crippen LogP contribution in [0.3, 0.4) is 0 Å². The maximum absolute atomic E-state index is 11.2. The Labute approximate surface area is 102 Å². The fourth-order valence-electron chi connectivity index (χ4n) is 2.08. The Morgan fingerprint density at radius 1 is 1.06 bits per heavy atom. The highest BCUT2D eigenvalue weighted by Gasteiger charge is 2.19. The number of hydrogen-bond donors (Lipinski definition) is 1. The number of carbonyl (C=O) groups excluding carboxylic acids is 1. The Bertz CT molecular complexity index is 326. The third kappa shape index (κ3) is 7.33. The predicted octanol–water partition coefficient (Wildman–Crippen LogP) is 1.92. The first-order valence-electron chi connectivity index (χ1n) is 6.12. The van der Waals surface area contributed by atoms with Gasteiger partial charge in [0.15, 0.2) is 5.75 Å². The second kappa shape index (κ2) is 6.96. The van der Waals surface area contributed by atoms with Gasteiger partial charge < -0.3 is 4.74 Å². The van der Waals surface area contributed by atoms with Gasteiger partial charge in [-0.3, -0.25) is 9.35 Å². The van der Waals surface area contributed by atoms with Crippen LogP contribution in [0.25, 0.3) is 0 Å². The maximum Gasteiger partial charge on any atom is 0.323 e. The fourth-order valence-corrected chi connectivity index (χ4v) is 2.45. The standard InChI is InChI=1S/C11H20O5S/c12-11(9-17(13,14)15)16-10-7-5-3-1-2-4-6-8-10/h10H,1-9H2,(H,13,14,15). The molecule has 0 aromatic carbocycles. The molecule has 1 rings (SSSR count). The molecule has 1 saturated carbocycles. The van der Waals surface area contributed by atoms with Crippen molar-refractivity contribution >= 4 is 16.1 Å². The summed E-state index contributed by atoms with van der Waals surface area (Å²) in [5, 5.41) is 0. The molecule has 0 spiro atoms. The van der Waals surface area contributed by atoms with Crippen LogP contribution in [0.5, 0.6) is 0 Å². The molecular formula is C11H20O5S. The van der Waals surface area contributed by atoms with Crippen molar-refractivity contribution in [1.82, 2.24) is 0 Å². The molecule has 1 fully saturated rings. The van der Waals surface area contributed by atoms with Crippen LogP contribution in [0.4, 0.5) is 0 Å². The smallest absolute Gasteiger partial charge is 0.323 e. The van der Waals surface area contributed by atoms with Crippen molar-refractivity contribution in [3.8, 4) is 0 Å². The summed E-state index contributed by atoms with van der Waals surface area (Å²) in [6.45, 7) is 0. The minimum atomic E-state index is -4.27. The van der Waals surface area contributed by atoms with E-state index in [2.05, 4.69) is 0 Å². The molecule has 100 valence electrons. The summed E-state index contributed by atoms with van der Waals surface area (Å²) in [6.07, 6.45) is 8.08. The van der Waals surface area contributed by atoms with Crippen molar-refractivity contribution in [2.24, 2.45) is 0 Å². The molecule has 0 heterocycles. The van der Waals surface area contributed by atoms with Gasteiger partial charge in [-0.25, -0.2) is 0 Å². The first-order chi connectivity index (χ1) is 7.97. The van der Waals surface area contributed by atoms with Gasteiger partial charge in [0, 0.05) is 0 Å². The molecule has 0 unspecified atom stereocenters. The monoisotopic (exact) mass is 264 g/mol. The van der Waals surface area contributed by atoms with Crippen LogP contribution in [-0.4, -0.2) is 30.8 Å². The van der Waals surface area contributed by atoms with Gasteiger partial charge in [-0.15, -0.1) is 0 Å². The highest BCUT2D eigenvalue weighted by Crippen LogP contribution is 2.19. The van der Waals surface area contributed by atoms with Gasteiger partial charge in [0.05, 0.1) is 0 Å². The molecule has 0 amide bonds. The minimum Gasteiger partial charge on any atom is -0.462 e. The van der Waals surface area contributed by atoms with Gasteiger partial charge in [0.25, 0.3) is 10.1 Å². The lowest BCUT2D eigenvalue weighted by molar-refractivity contribution is -0.146. The molecule has 0 saturated heterocycles. The summed E-state index contributed by atoms with van der Waals surface area (Å²) in [4.78, 5) is 11.2. The largest absolute Gasteiger partial charge is 0.462 e. The lowest BCUT2D eigenvalue weighted by Gasteiger charge is -2.16. The predicted molar refractivity (Wildman–Crippen MR) is 63.2 cm³/mol. The van der Waals surface area contributed by atoms with Crippen LogP contribution in [0, 0.1) is 0 Å². The normalized spacial score (nSPS) is 20.1. The van der Waals surface area contributed by atoms with Crippen LogP contribution in [0.2, 0.25) is 0 Å². The average molecular weight is 264 g/mol. The zero-order valence-corrected chi connectivity index (χ0v) is 10.7. The molecule has 17 heavy (non-hydrogen) atoms. The van der Waals surface area contributed by atoms with Crippen molar-refractivity contribution in [2.75, 3.05) is 5.75 Å². The second-order valence-electron chi connectivity index (χ2n) is 4.54. The molecule has 1 aliphatic carbocycles. The minimum absolute atomic E-state index is 0.192. The highest BCUT2D eigenvalue weighted by atomic mass is 32.2. The molecule has 0 radical (unpaired) electrons. The third-order valence-electron chi connectivity index (χ3n) is 2.90. The van der Waals surface area contributed by atoms with Gasteiger partial charge in [-0.1, -0.05) is 25.7 Å². The lowest BCUT2D eigenvalue weighted by atomic mass is 10.1. The number of rotatable bonds is 3. The Morgan fingerprint density at radius 3 is 2.00 bits per heavy atom. The Kier molecular flexibility index (Phi) is 5.91. The van der Waals surface area contributed by atoms with Gasteiger partial charge in [0.2, 0.25) is 0 Å². The zero-order valence-electron chi connectivity index (χ0n) is 9.93. The average Bonchev–Trinajstić information content (AvgIpc) is 2.28. The van der Waals surface area contributed by atoms with E-state index in [0.29, 0.717) is 0 Å². The molecule has 6 heteroatoms. The highest BCUT2D eigenvalue weighted by molar-refractivity contribution is 7.86. The third-order valence-corrected chi connectivity index (χ3v) is 3.50. The van der Waals surface area contributed by atoms with E-state index in [4.69, 9.17) is 9.29 Å². The van der Waals surface area contributed by atoms with E-state index >= 15 is 0 Å². The van der Waals surface area contributed by atoms with Gasteiger partial charge in [-0.05, 0) is 25.7 Å². The Morgan fingerprint density at radius 2 is 1.53 bits per heavy atom. The van der Waals surface area contributed by atoms with E-state index in [9.17, 15) is 13.2 Å². The SMILES string of the molecule is O=C(CS(=O)(=O)O)OC1CCCCCCCC1. The first kappa shape index (κ1) is 14.4. The summed E-state index contributed by atoms with van der Waals surface area (Å²) in [6, 6.07) is 0. The number of carbonyl (C=O) groups is 1. The van der Waals surface area contributed by atoms with Crippen molar-refractivity contribution in [3.05, 3.63) is 0 Å². The summed E-state index contributed by atoms with van der Waals surface area (Å²) >= 11 is 0. The number of ether oxygens (including phenoxy) is 1. The van der Waals surface area contributed by atoms with Crippen LogP contribution in [-0.2, 0) is 19.6 Å². The van der Waals surface area contributed by atoms with Crippen molar-refractivity contribution < 1.29 is 22.5 Å². The van der Waals surface area contributed by atoms with Crippen LogP contribution in [0.1, 0.15) is 51.4 Å². The number of esters is 1. The van der Waals surface area contributed by atoms with E-state index < -0.39 is 21.8 Å². The summed E-state index contributed by atoms with van der Waals surface area (Å²) in [5.41, 5.74) is 0. The first-order valence-corrected chi connectivity index (χ1v) is 7.73. The van der Waals surface area contributed by atoms with Crippen molar-refractivity contribution in [2.45, 2.75) is 57.5 Å². The summed E-state index contributed by atoms with van der Waals surface area (Å²) in [7, 11) is -4.27. The van der Waals surface area contributed by atoms with E-state index in [1.807, 2.05) is 0 Å². The Balaban J connectivity index is 2.39. The molecule has 5 nitrogen and oxygen atoms in total. The van der Waals surface area contributed by atoms with Crippen molar-refractivity contribution in [3.63, 3.8) is 0 Å². The fraction of sp³-hybridized carbons (Fsp3) is 0.909.